The maximum Gasteiger partial charge on any atom is 0.226 e. The molecule has 5 saturated carbocycles. The van der Waals surface area contributed by atoms with Gasteiger partial charge in [0.05, 0.1) is 5.41 Å². The van der Waals surface area contributed by atoms with Crippen molar-refractivity contribution in [2.45, 2.75) is 75.7 Å². The molecule has 1 aromatic carbocycles. The summed E-state index contributed by atoms with van der Waals surface area (Å²) in [7, 11) is 0. The molecule has 0 heterocycles. The highest BCUT2D eigenvalue weighted by Gasteiger charge is 2.60. The van der Waals surface area contributed by atoms with Crippen molar-refractivity contribution in [2.75, 3.05) is 0 Å². The van der Waals surface area contributed by atoms with E-state index in [1.54, 1.807) is 0 Å². The summed E-state index contributed by atoms with van der Waals surface area (Å²) in [5, 5.41) is 3.47. The monoisotopic (exact) mass is 323 g/mol. The van der Waals surface area contributed by atoms with E-state index in [0.29, 0.717) is 11.9 Å². The van der Waals surface area contributed by atoms with E-state index in [0.717, 1.165) is 31.1 Å². The molecule has 6 rings (SSSR count). The summed E-state index contributed by atoms with van der Waals surface area (Å²) in [6.07, 6.45) is 12.3. The lowest BCUT2D eigenvalue weighted by Crippen LogP contribution is -2.59. The number of hydrogen-bond donors (Lipinski definition) is 1. The first-order valence-corrected chi connectivity index (χ1v) is 10.0. The zero-order valence-corrected chi connectivity index (χ0v) is 14.6. The summed E-state index contributed by atoms with van der Waals surface area (Å²) in [6.45, 7) is 0. The SMILES string of the molecule is O=C(NC1CCCC1)C12CC3CC(C1)CC(c1ccccc1)(C3)C2. The average molecular weight is 323 g/mol. The normalized spacial score (nSPS) is 40.8. The van der Waals surface area contributed by atoms with Crippen molar-refractivity contribution < 1.29 is 4.79 Å². The van der Waals surface area contributed by atoms with E-state index in [-0.39, 0.29) is 10.8 Å². The van der Waals surface area contributed by atoms with Crippen molar-refractivity contribution in [2.24, 2.45) is 17.3 Å². The number of nitrogens with one attached hydrogen (secondary N) is 1. The Bertz CT molecular complexity index is 617. The number of benzene rings is 1. The largest absolute Gasteiger partial charge is 0.353 e. The predicted molar refractivity (Wildman–Crippen MR) is 95.6 cm³/mol. The highest BCUT2D eigenvalue weighted by Crippen LogP contribution is 2.65. The molecular formula is C22H29NO. The summed E-state index contributed by atoms with van der Waals surface area (Å²) in [4.78, 5) is 13.3. The average Bonchev–Trinajstić information content (AvgIpc) is 3.07. The summed E-state index contributed by atoms with van der Waals surface area (Å²) in [5.74, 6) is 1.94. The summed E-state index contributed by atoms with van der Waals surface area (Å²) in [5.41, 5.74) is 1.71. The Morgan fingerprint density at radius 3 is 2.29 bits per heavy atom. The fourth-order valence-corrected chi connectivity index (χ4v) is 7.07. The minimum atomic E-state index is -0.0669. The number of amides is 1. The number of carbonyl (C=O) groups is 1. The molecule has 0 aromatic heterocycles. The van der Waals surface area contributed by atoms with Crippen LogP contribution in [-0.4, -0.2) is 11.9 Å². The molecule has 0 spiro atoms. The lowest BCUT2D eigenvalue weighted by atomic mass is 9.42. The van der Waals surface area contributed by atoms with Crippen molar-refractivity contribution in [3.05, 3.63) is 35.9 Å². The van der Waals surface area contributed by atoms with Crippen molar-refractivity contribution in [3.8, 4) is 0 Å². The number of hydrogen-bond acceptors (Lipinski definition) is 1. The predicted octanol–water partition coefficient (Wildman–Crippen LogP) is 4.58. The second-order valence-corrected chi connectivity index (χ2v) is 9.34. The fraction of sp³-hybridized carbons (Fsp3) is 0.682. The molecule has 5 aliphatic rings. The van der Waals surface area contributed by atoms with Crippen LogP contribution in [0.4, 0.5) is 0 Å². The molecule has 0 radical (unpaired) electrons. The standard InChI is InChI=1S/C22H29NO/c24-20(23-19-8-4-5-9-19)22-13-16-10-17(14-22)12-21(11-16,15-22)18-6-2-1-3-7-18/h1-3,6-7,16-17,19H,4-5,8-15H2,(H,23,24). The minimum Gasteiger partial charge on any atom is -0.353 e. The third-order valence-electron chi connectivity index (χ3n) is 7.62. The molecule has 24 heavy (non-hydrogen) atoms. The lowest BCUT2D eigenvalue weighted by molar-refractivity contribution is -0.149. The minimum absolute atomic E-state index is 0.0669. The molecule has 4 bridgehead atoms. The molecule has 1 aromatic rings. The fourth-order valence-electron chi connectivity index (χ4n) is 7.07. The molecule has 5 fully saturated rings. The highest BCUT2D eigenvalue weighted by molar-refractivity contribution is 5.84. The van der Waals surface area contributed by atoms with E-state index >= 15 is 0 Å². The molecule has 1 N–H and O–H groups in total. The Kier molecular flexibility index (Phi) is 3.34. The van der Waals surface area contributed by atoms with E-state index in [1.807, 2.05) is 0 Å². The third kappa shape index (κ3) is 2.25. The van der Waals surface area contributed by atoms with Gasteiger partial charge in [0, 0.05) is 6.04 Å². The van der Waals surface area contributed by atoms with Gasteiger partial charge in [-0.2, -0.15) is 0 Å². The summed E-state index contributed by atoms with van der Waals surface area (Å²) < 4.78 is 0. The van der Waals surface area contributed by atoms with Crippen LogP contribution in [0, 0.1) is 17.3 Å². The molecule has 2 unspecified atom stereocenters. The molecule has 0 aliphatic heterocycles. The maximum atomic E-state index is 13.3. The van der Waals surface area contributed by atoms with Crippen LogP contribution in [0.1, 0.15) is 69.8 Å². The van der Waals surface area contributed by atoms with Crippen molar-refractivity contribution >= 4 is 5.91 Å². The van der Waals surface area contributed by atoms with Crippen molar-refractivity contribution in [1.29, 1.82) is 0 Å². The van der Waals surface area contributed by atoms with Gasteiger partial charge in [0.15, 0.2) is 0 Å². The van der Waals surface area contributed by atoms with Gasteiger partial charge >= 0.3 is 0 Å². The lowest BCUT2D eigenvalue weighted by Gasteiger charge is -2.61. The van der Waals surface area contributed by atoms with Crippen LogP contribution in [0.3, 0.4) is 0 Å². The number of rotatable bonds is 3. The van der Waals surface area contributed by atoms with Gasteiger partial charge in [0.2, 0.25) is 5.91 Å². The zero-order chi connectivity index (χ0) is 16.2. The topological polar surface area (TPSA) is 29.1 Å². The van der Waals surface area contributed by atoms with Gasteiger partial charge < -0.3 is 5.32 Å². The first-order chi connectivity index (χ1) is 11.7. The third-order valence-corrected chi connectivity index (χ3v) is 7.62. The van der Waals surface area contributed by atoms with Crippen LogP contribution >= 0.6 is 0 Å². The Morgan fingerprint density at radius 2 is 1.62 bits per heavy atom. The van der Waals surface area contributed by atoms with Gasteiger partial charge in [-0.25, -0.2) is 0 Å². The Balaban J connectivity index is 1.46. The number of carbonyl (C=O) groups excluding carboxylic acids is 1. The van der Waals surface area contributed by atoms with Gasteiger partial charge in [-0.15, -0.1) is 0 Å². The van der Waals surface area contributed by atoms with Gasteiger partial charge in [-0.05, 0) is 74.2 Å². The molecule has 128 valence electrons. The molecule has 5 aliphatic carbocycles. The van der Waals surface area contributed by atoms with Gasteiger partial charge in [0.25, 0.3) is 0 Å². The van der Waals surface area contributed by atoms with E-state index in [4.69, 9.17) is 0 Å². The van der Waals surface area contributed by atoms with E-state index in [9.17, 15) is 4.79 Å². The van der Waals surface area contributed by atoms with Crippen LogP contribution in [-0.2, 0) is 10.2 Å². The van der Waals surface area contributed by atoms with Crippen LogP contribution < -0.4 is 5.32 Å². The van der Waals surface area contributed by atoms with Gasteiger partial charge in [0.1, 0.15) is 0 Å². The Hall–Kier alpha value is -1.31. The van der Waals surface area contributed by atoms with Crippen molar-refractivity contribution in [3.63, 3.8) is 0 Å². The Labute approximate surface area is 145 Å². The first kappa shape index (κ1) is 15.0. The van der Waals surface area contributed by atoms with E-state index < -0.39 is 0 Å². The van der Waals surface area contributed by atoms with Crippen LogP contribution in [0.5, 0.6) is 0 Å². The smallest absolute Gasteiger partial charge is 0.226 e. The second-order valence-electron chi connectivity index (χ2n) is 9.34. The molecule has 2 nitrogen and oxygen atoms in total. The molecular weight excluding hydrogens is 294 g/mol. The summed E-state index contributed by atoms with van der Waals surface area (Å²) in [6, 6.07) is 11.6. The van der Waals surface area contributed by atoms with Gasteiger partial charge in [-0.3, -0.25) is 4.79 Å². The molecule has 2 atom stereocenters. The molecule has 2 heteroatoms. The molecule has 1 amide bonds. The first-order valence-electron chi connectivity index (χ1n) is 10.0. The van der Waals surface area contributed by atoms with Crippen LogP contribution in [0.2, 0.25) is 0 Å². The van der Waals surface area contributed by atoms with Gasteiger partial charge in [-0.1, -0.05) is 43.2 Å². The van der Waals surface area contributed by atoms with E-state index in [1.165, 1.54) is 50.5 Å². The maximum absolute atomic E-state index is 13.3. The van der Waals surface area contributed by atoms with Crippen LogP contribution in [0.15, 0.2) is 30.3 Å². The van der Waals surface area contributed by atoms with Crippen molar-refractivity contribution in [1.82, 2.24) is 5.32 Å². The molecule has 0 saturated heterocycles. The summed E-state index contributed by atoms with van der Waals surface area (Å²) >= 11 is 0. The zero-order valence-electron chi connectivity index (χ0n) is 14.6. The Morgan fingerprint density at radius 1 is 0.958 bits per heavy atom. The quantitative estimate of drug-likeness (QED) is 0.866. The highest BCUT2D eigenvalue weighted by atomic mass is 16.2. The second kappa shape index (κ2) is 5.34. The van der Waals surface area contributed by atoms with E-state index in [2.05, 4.69) is 35.6 Å². The van der Waals surface area contributed by atoms with Crippen LogP contribution in [0.25, 0.3) is 0 Å².